The minimum absolute atomic E-state index is 0.0628. The molecule has 2 saturated heterocycles. The van der Waals surface area contributed by atoms with Gasteiger partial charge in [-0.15, -0.1) is 0 Å². The molecule has 2 fully saturated rings. The summed E-state index contributed by atoms with van der Waals surface area (Å²) in [6.07, 6.45) is -0.290. The van der Waals surface area contributed by atoms with Crippen LogP contribution in [0.15, 0.2) is 0 Å². The van der Waals surface area contributed by atoms with Crippen LogP contribution in [0.1, 0.15) is 0 Å². The molecule has 7 heteroatoms. The van der Waals surface area contributed by atoms with Crippen LogP contribution in [0.3, 0.4) is 0 Å². The fourth-order valence-corrected chi connectivity index (χ4v) is 4.88. The fraction of sp³-hybridized carbons (Fsp3) is 1.00. The van der Waals surface area contributed by atoms with Crippen molar-refractivity contribution in [1.82, 2.24) is 0 Å². The van der Waals surface area contributed by atoms with Crippen LogP contribution in [0, 0.1) is 0 Å². The van der Waals surface area contributed by atoms with E-state index < -0.39 is 22.9 Å². The van der Waals surface area contributed by atoms with Crippen LogP contribution in [0.25, 0.3) is 0 Å². The lowest BCUT2D eigenvalue weighted by Gasteiger charge is -2.38. The molecule has 2 heterocycles. The highest BCUT2D eigenvalue weighted by Gasteiger charge is 2.51. The molecule has 4 nitrogen and oxygen atoms in total. The SMILES string of the molecule is [B]C1OC2CO[Si](C)(C)O[C@H]2C1O[Si](C)(C)C. The fourth-order valence-electron chi connectivity index (χ4n) is 2.22. The molecule has 0 aromatic heterocycles. The minimum Gasteiger partial charge on any atom is -0.410 e. The third-order valence-corrected chi connectivity index (χ3v) is 5.53. The molecule has 0 amide bonds. The summed E-state index contributed by atoms with van der Waals surface area (Å²) in [5.41, 5.74) is 0. The largest absolute Gasteiger partial charge is 0.410 e. The van der Waals surface area contributed by atoms with Crippen molar-refractivity contribution < 1.29 is 18.0 Å². The highest BCUT2D eigenvalue weighted by atomic mass is 28.4. The van der Waals surface area contributed by atoms with E-state index in [1.807, 2.05) is 13.1 Å². The number of hydrogen-bond acceptors (Lipinski definition) is 4. The van der Waals surface area contributed by atoms with Crippen LogP contribution in [0.5, 0.6) is 0 Å². The summed E-state index contributed by atoms with van der Waals surface area (Å²) in [5, 5.41) is 0. The first kappa shape index (κ1) is 13.8. The second-order valence-corrected chi connectivity index (χ2v) is 13.9. The van der Waals surface area contributed by atoms with E-state index in [0.29, 0.717) is 6.61 Å². The molecule has 0 aromatic carbocycles. The van der Waals surface area contributed by atoms with Crippen molar-refractivity contribution >= 4 is 24.7 Å². The Labute approximate surface area is 107 Å². The lowest BCUT2D eigenvalue weighted by Crippen LogP contribution is -2.55. The topological polar surface area (TPSA) is 36.9 Å². The predicted molar refractivity (Wildman–Crippen MR) is 70.9 cm³/mol. The van der Waals surface area contributed by atoms with Crippen molar-refractivity contribution in [2.75, 3.05) is 6.61 Å². The molecule has 2 rings (SSSR count). The average molecular weight is 272 g/mol. The van der Waals surface area contributed by atoms with E-state index >= 15 is 0 Å². The van der Waals surface area contributed by atoms with Crippen molar-refractivity contribution in [2.45, 2.75) is 57.1 Å². The molecule has 2 radical (unpaired) electrons. The zero-order chi connectivity index (χ0) is 12.8. The Morgan fingerprint density at radius 3 is 2.53 bits per heavy atom. The number of ether oxygens (including phenoxy) is 1. The van der Waals surface area contributed by atoms with Gasteiger partial charge >= 0.3 is 8.56 Å². The van der Waals surface area contributed by atoms with Gasteiger partial charge in [0.2, 0.25) is 0 Å². The minimum atomic E-state index is -2.02. The molecule has 0 spiro atoms. The molecule has 0 aliphatic carbocycles. The number of rotatable bonds is 2. The van der Waals surface area contributed by atoms with E-state index in [9.17, 15) is 0 Å². The first-order chi connectivity index (χ1) is 7.68. The van der Waals surface area contributed by atoms with Crippen molar-refractivity contribution in [3.8, 4) is 0 Å². The lowest BCUT2D eigenvalue weighted by molar-refractivity contribution is -0.0499. The molecule has 2 aliphatic heterocycles. The molecular weight excluding hydrogens is 251 g/mol. The standard InChI is InChI=1S/C10H21BO4Si2/c1-16(2,3)14-9-8-7(13-10(9)11)6-12-17(4,5)15-8/h7-10H,6H2,1-5H3/t7?,8-,9?,10?/m1/s1. The van der Waals surface area contributed by atoms with Crippen molar-refractivity contribution in [3.63, 3.8) is 0 Å². The molecule has 0 aromatic rings. The Bertz CT molecular complexity index is 293. The quantitative estimate of drug-likeness (QED) is 0.708. The van der Waals surface area contributed by atoms with Crippen LogP contribution in [-0.4, -0.2) is 55.6 Å². The van der Waals surface area contributed by atoms with E-state index in [1.165, 1.54) is 0 Å². The summed E-state index contributed by atoms with van der Waals surface area (Å²) in [6, 6.07) is -0.400. The Balaban J connectivity index is 2.10. The van der Waals surface area contributed by atoms with Gasteiger partial charge in [-0.25, -0.2) is 0 Å². The van der Waals surface area contributed by atoms with E-state index in [-0.39, 0.29) is 18.3 Å². The summed E-state index contributed by atoms with van der Waals surface area (Å²) < 4.78 is 23.5. The van der Waals surface area contributed by atoms with Gasteiger partial charge in [0.1, 0.15) is 20.1 Å². The van der Waals surface area contributed by atoms with Crippen LogP contribution in [0.2, 0.25) is 32.7 Å². The van der Waals surface area contributed by atoms with Crippen molar-refractivity contribution in [1.29, 1.82) is 0 Å². The maximum absolute atomic E-state index is 6.10. The van der Waals surface area contributed by atoms with Crippen molar-refractivity contribution in [3.05, 3.63) is 0 Å². The van der Waals surface area contributed by atoms with Gasteiger partial charge in [-0.3, -0.25) is 0 Å². The molecule has 0 bridgehead atoms. The first-order valence-electron chi connectivity index (χ1n) is 6.09. The first-order valence-corrected chi connectivity index (χ1v) is 12.3. The molecule has 2 aliphatic rings. The predicted octanol–water partition coefficient (Wildman–Crippen LogP) is 1.22. The molecule has 0 N–H and O–H groups in total. The van der Waals surface area contributed by atoms with E-state index in [0.717, 1.165) is 0 Å². The third-order valence-electron chi connectivity index (χ3n) is 2.85. The second kappa shape index (κ2) is 4.47. The molecule has 17 heavy (non-hydrogen) atoms. The summed E-state index contributed by atoms with van der Waals surface area (Å²) in [7, 11) is 2.31. The van der Waals surface area contributed by atoms with Crippen LogP contribution >= 0.6 is 0 Å². The van der Waals surface area contributed by atoms with Gasteiger partial charge in [0.05, 0.1) is 12.7 Å². The highest BCUT2D eigenvalue weighted by Crippen LogP contribution is 2.33. The van der Waals surface area contributed by atoms with E-state index in [2.05, 4.69) is 19.6 Å². The Kier molecular flexibility index (Phi) is 3.62. The molecule has 96 valence electrons. The Morgan fingerprint density at radius 2 is 1.94 bits per heavy atom. The maximum atomic E-state index is 6.10. The summed E-state index contributed by atoms with van der Waals surface area (Å²) in [4.78, 5) is 0. The number of fused-ring (bicyclic) bond motifs is 1. The zero-order valence-corrected chi connectivity index (χ0v) is 13.2. The third kappa shape index (κ3) is 3.21. The lowest BCUT2D eigenvalue weighted by atomic mass is 9.93. The monoisotopic (exact) mass is 272 g/mol. The highest BCUT2D eigenvalue weighted by molar-refractivity contribution is 6.69. The van der Waals surface area contributed by atoms with Gasteiger partial charge in [-0.1, -0.05) is 0 Å². The normalized spacial score (nSPS) is 41.2. The van der Waals surface area contributed by atoms with Crippen molar-refractivity contribution in [2.24, 2.45) is 0 Å². The Morgan fingerprint density at radius 1 is 1.29 bits per heavy atom. The maximum Gasteiger partial charge on any atom is 0.332 e. The van der Waals surface area contributed by atoms with Gasteiger partial charge in [0.15, 0.2) is 8.32 Å². The zero-order valence-electron chi connectivity index (χ0n) is 11.2. The van der Waals surface area contributed by atoms with E-state index in [1.54, 1.807) is 0 Å². The molecular formula is C10H21BO4Si2. The smallest absolute Gasteiger partial charge is 0.332 e. The van der Waals surface area contributed by atoms with Gasteiger partial charge in [-0.05, 0) is 32.7 Å². The molecule has 4 atom stereocenters. The molecule has 0 saturated carbocycles. The molecule has 3 unspecified atom stereocenters. The van der Waals surface area contributed by atoms with E-state index in [4.69, 9.17) is 25.9 Å². The second-order valence-electron chi connectivity index (χ2n) is 6.13. The average Bonchev–Trinajstić information content (AvgIpc) is 2.41. The summed E-state index contributed by atoms with van der Waals surface area (Å²) in [5.74, 6) is 0. The Hall–Kier alpha value is 0.339. The van der Waals surface area contributed by atoms with Gasteiger partial charge in [0, 0.05) is 6.00 Å². The van der Waals surface area contributed by atoms with Crippen LogP contribution in [0.4, 0.5) is 0 Å². The van der Waals surface area contributed by atoms with Crippen LogP contribution in [-0.2, 0) is 18.0 Å². The number of hydrogen-bond donors (Lipinski definition) is 0. The van der Waals surface area contributed by atoms with Crippen LogP contribution < -0.4 is 0 Å². The van der Waals surface area contributed by atoms with Gasteiger partial charge in [0.25, 0.3) is 0 Å². The van der Waals surface area contributed by atoms with Gasteiger partial charge in [-0.2, -0.15) is 0 Å². The van der Waals surface area contributed by atoms with Gasteiger partial charge < -0.3 is 18.0 Å². The summed E-state index contributed by atoms with van der Waals surface area (Å²) in [6.45, 7) is 11.1. The summed E-state index contributed by atoms with van der Waals surface area (Å²) >= 11 is 0.